The van der Waals surface area contributed by atoms with E-state index in [9.17, 15) is 0 Å². The predicted molar refractivity (Wildman–Crippen MR) is 80.9 cm³/mol. The fourth-order valence-electron chi connectivity index (χ4n) is 4.35. The molecule has 20 heavy (non-hydrogen) atoms. The van der Waals surface area contributed by atoms with Crippen LogP contribution >= 0.6 is 0 Å². The third-order valence-corrected chi connectivity index (χ3v) is 5.33. The monoisotopic (exact) mass is 267 g/mol. The SMILES string of the molecule is NNC(Cc1ccnc2ccccc12)C1C2CCCC21. The molecule has 1 aromatic carbocycles. The second-order valence-corrected chi connectivity index (χ2v) is 6.30. The zero-order valence-electron chi connectivity index (χ0n) is 11.6. The zero-order valence-corrected chi connectivity index (χ0v) is 11.6. The quantitative estimate of drug-likeness (QED) is 0.661. The average Bonchev–Trinajstić information content (AvgIpc) is 2.96. The van der Waals surface area contributed by atoms with E-state index in [1.165, 1.54) is 30.2 Å². The maximum absolute atomic E-state index is 5.84. The maximum Gasteiger partial charge on any atom is 0.0704 e. The van der Waals surface area contributed by atoms with E-state index in [2.05, 4.69) is 34.7 Å². The molecule has 0 amide bonds. The van der Waals surface area contributed by atoms with E-state index in [1.807, 2.05) is 12.3 Å². The Morgan fingerprint density at radius 2 is 2.00 bits per heavy atom. The molecule has 2 aromatic rings. The van der Waals surface area contributed by atoms with Crippen molar-refractivity contribution >= 4 is 10.9 Å². The molecule has 0 aliphatic heterocycles. The van der Waals surface area contributed by atoms with Gasteiger partial charge in [-0.1, -0.05) is 24.6 Å². The van der Waals surface area contributed by atoms with E-state index in [4.69, 9.17) is 5.84 Å². The lowest BCUT2D eigenvalue weighted by molar-refractivity contribution is 0.411. The molecule has 2 aliphatic carbocycles. The number of aromatic nitrogens is 1. The number of fused-ring (bicyclic) bond motifs is 2. The van der Waals surface area contributed by atoms with E-state index in [-0.39, 0.29) is 0 Å². The van der Waals surface area contributed by atoms with Crippen molar-refractivity contribution in [3.8, 4) is 0 Å². The minimum Gasteiger partial charge on any atom is -0.271 e. The van der Waals surface area contributed by atoms with Gasteiger partial charge in [0.05, 0.1) is 5.52 Å². The van der Waals surface area contributed by atoms with Crippen molar-refractivity contribution in [1.29, 1.82) is 0 Å². The number of nitrogens with one attached hydrogen (secondary N) is 1. The van der Waals surface area contributed by atoms with Gasteiger partial charge in [-0.25, -0.2) is 0 Å². The molecule has 0 saturated heterocycles. The van der Waals surface area contributed by atoms with Crippen molar-refractivity contribution in [1.82, 2.24) is 10.4 Å². The van der Waals surface area contributed by atoms with Crippen molar-refractivity contribution < 1.29 is 0 Å². The minimum absolute atomic E-state index is 0.413. The maximum atomic E-state index is 5.84. The largest absolute Gasteiger partial charge is 0.271 e. The lowest BCUT2D eigenvalue weighted by Gasteiger charge is -2.18. The van der Waals surface area contributed by atoms with Gasteiger partial charge in [-0.3, -0.25) is 16.3 Å². The number of hydrazine groups is 1. The van der Waals surface area contributed by atoms with Crippen LogP contribution in [0, 0.1) is 17.8 Å². The minimum atomic E-state index is 0.413. The van der Waals surface area contributed by atoms with Gasteiger partial charge < -0.3 is 0 Å². The number of hydrogen-bond acceptors (Lipinski definition) is 3. The van der Waals surface area contributed by atoms with Crippen LogP contribution in [0.3, 0.4) is 0 Å². The van der Waals surface area contributed by atoms with Gasteiger partial charge in [0, 0.05) is 17.6 Å². The van der Waals surface area contributed by atoms with Gasteiger partial charge in [0.25, 0.3) is 0 Å². The lowest BCUT2D eigenvalue weighted by Crippen LogP contribution is -2.39. The van der Waals surface area contributed by atoms with E-state index in [1.54, 1.807) is 0 Å². The Kier molecular flexibility index (Phi) is 2.97. The van der Waals surface area contributed by atoms with Gasteiger partial charge in [-0.05, 0) is 54.7 Å². The number of nitrogens with two attached hydrogens (primary N) is 1. The number of hydrogen-bond donors (Lipinski definition) is 2. The standard InChI is InChI=1S/C17H21N3/c18-20-16(17-13-5-3-6-14(13)17)10-11-8-9-19-15-7-2-1-4-12(11)15/h1-2,4,7-9,13-14,16-17,20H,3,5-6,10,18H2. The van der Waals surface area contributed by atoms with Crippen LogP contribution in [-0.4, -0.2) is 11.0 Å². The summed E-state index contributed by atoms with van der Waals surface area (Å²) in [6.07, 6.45) is 7.16. The molecule has 2 aliphatic rings. The molecule has 3 unspecified atom stereocenters. The third-order valence-electron chi connectivity index (χ3n) is 5.33. The lowest BCUT2D eigenvalue weighted by atomic mass is 9.96. The molecule has 3 heteroatoms. The fourth-order valence-corrected chi connectivity index (χ4v) is 4.35. The number of benzene rings is 1. The highest BCUT2D eigenvalue weighted by molar-refractivity contribution is 5.81. The summed E-state index contributed by atoms with van der Waals surface area (Å²) < 4.78 is 0. The summed E-state index contributed by atoms with van der Waals surface area (Å²) in [5.41, 5.74) is 5.53. The molecule has 2 fully saturated rings. The fraction of sp³-hybridized carbons (Fsp3) is 0.471. The first-order valence-electron chi connectivity index (χ1n) is 7.67. The first-order valence-corrected chi connectivity index (χ1v) is 7.67. The van der Waals surface area contributed by atoms with Gasteiger partial charge in [0.15, 0.2) is 0 Å². The molecule has 1 aromatic heterocycles. The van der Waals surface area contributed by atoms with E-state index >= 15 is 0 Å². The second-order valence-electron chi connectivity index (χ2n) is 6.30. The Hall–Kier alpha value is -1.45. The Labute approximate surface area is 119 Å². The zero-order chi connectivity index (χ0) is 13.5. The van der Waals surface area contributed by atoms with Gasteiger partial charge in [0.2, 0.25) is 0 Å². The van der Waals surface area contributed by atoms with Gasteiger partial charge in [0.1, 0.15) is 0 Å². The highest BCUT2D eigenvalue weighted by Gasteiger charge is 2.55. The molecule has 0 bridgehead atoms. The van der Waals surface area contributed by atoms with Gasteiger partial charge in [-0.2, -0.15) is 0 Å². The van der Waals surface area contributed by atoms with Crippen LogP contribution in [0.15, 0.2) is 36.5 Å². The van der Waals surface area contributed by atoms with E-state index < -0.39 is 0 Å². The number of nitrogens with zero attached hydrogens (tertiary/aromatic N) is 1. The first-order chi connectivity index (χ1) is 9.88. The summed E-state index contributed by atoms with van der Waals surface area (Å²) in [7, 11) is 0. The summed E-state index contributed by atoms with van der Waals surface area (Å²) in [6.45, 7) is 0. The topological polar surface area (TPSA) is 50.9 Å². The third kappa shape index (κ3) is 1.93. The molecule has 2 saturated carbocycles. The Morgan fingerprint density at radius 3 is 2.80 bits per heavy atom. The smallest absolute Gasteiger partial charge is 0.0704 e. The first kappa shape index (κ1) is 12.3. The highest BCUT2D eigenvalue weighted by atomic mass is 15.2. The molecule has 3 atom stereocenters. The molecule has 104 valence electrons. The summed E-state index contributed by atoms with van der Waals surface area (Å²) in [5, 5.41) is 1.26. The van der Waals surface area contributed by atoms with Crippen molar-refractivity contribution in [2.75, 3.05) is 0 Å². The van der Waals surface area contributed by atoms with Crippen LogP contribution in [0.25, 0.3) is 10.9 Å². The van der Waals surface area contributed by atoms with Crippen molar-refractivity contribution in [3.63, 3.8) is 0 Å². The van der Waals surface area contributed by atoms with Crippen LogP contribution in [0.4, 0.5) is 0 Å². The Morgan fingerprint density at radius 1 is 1.20 bits per heavy atom. The summed E-state index contributed by atoms with van der Waals surface area (Å²) in [6, 6.07) is 10.9. The predicted octanol–water partition coefficient (Wildman–Crippen LogP) is 2.66. The van der Waals surface area contributed by atoms with Crippen LogP contribution in [0.2, 0.25) is 0 Å². The second kappa shape index (κ2) is 4.83. The number of para-hydroxylation sites is 1. The van der Waals surface area contributed by atoms with Crippen molar-refractivity contribution in [2.45, 2.75) is 31.7 Å². The Balaban J connectivity index is 1.60. The number of pyridine rings is 1. The summed E-state index contributed by atoms with van der Waals surface area (Å²) in [4.78, 5) is 4.44. The van der Waals surface area contributed by atoms with Crippen LogP contribution in [0.5, 0.6) is 0 Å². The summed E-state index contributed by atoms with van der Waals surface area (Å²) >= 11 is 0. The van der Waals surface area contributed by atoms with Gasteiger partial charge >= 0.3 is 0 Å². The van der Waals surface area contributed by atoms with Crippen molar-refractivity contribution in [3.05, 3.63) is 42.1 Å². The number of rotatable bonds is 4. The molecule has 4 rings (SSSR count). The average molecular weight is 267 g/mol. The molecule has 1 heterocycles. The van der Waals surface area contributed by atoms with E-state index in [0.717, 1.165) is 29.7 Å². The molecule has 0 spiro atoms. The van der Waals surface area contributed by atoms with E-state index in [0.29, 0.717) is 6.04 Å². The van der Waals surface area contributed by atoms with Crippen LogP contribution < -0.4 is 11.3 Å². The van der Waals surface area contributed by atoms with Crippen LogP contribution in [0.1, 0.15) is 24.8 Å². The van der Waals surface area contributed by atoms with Crippen LogP contribution in [-0.2, 0) is 6.42 Å². The van der Waals surface area contributed by atoms with Crippen molar-refractivity contribution in [2.24, 2.45) is 23.6 Å². The molecule has 3 nitrogen and oxygen atoms in total. The molecule has 3 N–H and O–H groups in total. The van der Waals surface area contributed by atoms with Gasteiger partial charge in [-0.15, -0.1) is 0 Å². The summed E-state index contributed by atoms with van der Waals surface area (Å²) in [5.74, 6) is 8.50. The Bertz CT molecular complexity index is 609. The molecular formula is C17H21N3. The highest BCUT2D eigenvalue weighted by Crippen LogP contribution is 2.59. The molecular weight excluding hydrogens is 246 g/mol. The molecule has 0 radical (unpaired) electrons. The normalized spacial score (nSPS) is 29.4.